The van der Waals surface area contributed by atoms with Crippen LogP contribution in [0.4, 0.5) is 5.69 Å². The van der Waals surface area contributed by atoms with E-state index in [0.29, 0.717) is 11.4 Å². The average molecular weight is 355 g/mol. The quantitative estimate of drug-likeness (QED) is 0.544. The monoisotopic (exact) mass is 354 g/mol. The Kier molecular flexibility index (Phi) is 5.11. The van der Waals surface area contributed by atoms with Crippen molar-refractivity contribution in [1.29, 1.82) is 0 Å². The highest BCUT2D eigenvalue weighted by Crippen LogP contribution is 2.18. The maximum atomic E-state index is 11.5. The first-order valence-corrected chi connectivity index (χ1v) is 7.83. The highest BCUT2D eigenvalue weighted by atomic mass is 35.5. The van der Waals surface area contributed by atoms with Crippen molar-refractivity contribution in [2.45, 2.75) is 0 Å². The number of H-pyrrole nitrogens is 1. The molecule has 2 aromatic carbocycles. The predicted octanol–water partition coefficient (Wildman–Crippen LogP) is 3.30. The van der Waals surface area contributed by atoms with E-state index in [1.165, 1.54) is 6.20 Å². The number of nitrogens with zero attached hydrogens (tertiary/aromatic N) is 2. The predicted molar refractivity (Wildman–Crippen MR) is 98.6 cm³/mol. The highest BCUT2D eigenvalue weighted by molar-refractivity contribution is 6.32. The van der Waals surface area contributed by atoms with Crippen LogP contribution in [0.5, 0.6) is 5.75 Å². The van der Waals surface area contributed by atoms with Gasteiger partial charge in [0.15, 0.2) is 0 Å². The van der Waals surface area contributed by atoms with E-state index in [9.17, 15) is 4.79 Å². The van der Waals surface area contributed by atoms with E-state index in [1.54, 1.807) is 7.11 Å². The van der Waals surface area contributed by atoms with Crippen LogP contribution in [0.3, 0.4) is 0 Å². The van der Waals surface area contributed by atoms with Crippen LogP contribution in [-0.4, -0.2) is 23.0 Å². The lowest BCUT2D eigenvalue weighted by atomic mass is 10.0. The number of anilines is 1. The number of halogens is 1. The third-order valence-corrected chi connectivity index (χ3v) is 3.87. The number of methoxy groups -OCH3 is 1. The van der Waals surface area contributed by atoms with Crippen LogP contribution in [0, 0.1) is 0 Å². The molecule has 25 heavy (non-hydrogen) atoms. The zero-order valence-electron chi connectivity index (χ0n) is 13.4. The van der Waals surface area contributed by atoms with Gasteiger partial charge in [-0.05, 0) is 24.3 Å². The average Bonchev–Trinajstić information content (AvgIpc) is 2.66. The SMILES string of the molecule is COc1ccc(C(=NNc2cn[nH]c(=O)c2Cl)c2ccccc2)cc1. The van der Waals surface area contributed by atoms with Crippen LogP contribution in [0.15, 0.2) is 70.7 Å². The molecule has 0 radical (unpaired) electrons. The maximum Gasteiger partial charge on any atom is 0.285 e. The Morgan fingerprint density at radius 3 is 2.48 bits per heavy atom. The molecule has 3 aromatic rings. The molecule has 126 valence electrons. The molecule has 0 unspecified atom stereocenters. The zero-order valence-corrected chi connectivity index (χ0v) is 14.1. The first-order valence-electron chi connectivity index (χ1n) is 7.46. The number of hydrazone groups is 1. The molecule has 0 fully saturated rings. The first kappa shape index (κ1) is 16.7. The lowest BCUT2D eigenvalue weighted by molar-refractivity contribution is 0.415. The minimum atomic E-state index is -0.479. The molecule has 0 aliphatic heterocycles. The van der Waals surface area contributed by atoms with Gasteiger partial charge in [-0.1, -0.05) is 41.9 Å². The van der Waals surface area contributed by atoms with Crippen molar-refractivity contribution in [2.24, 2.45) is 5.10 Å². The van der Waals surface area contributed by atoms with Gasteiger partial charge in [-0.25, -0.2) is 5.10 Å². The Balaban J connectivity index is 2.01. The van der Waals surface area contributed by atoms with Gasteiger partial charge in [0.1, 0.15) is 16.5 Å². The molecule has 6 nitrogen and oxygen atoms in total. The summed E-state index contributed by atoms with van der Waals surface area (Å²) < 4.78 is 5.19. The second-order valence-electron chi connectivity index (χ2n) is 5.09. The van der Waals surface area contributed by atoms with Crippen LogP contribution in [0.2, 0.25) is 5.02 Å². The van der Waals surface area contributed by atoms with Crippen LogP contribution in [-0.2, 0) is 0 Å². The van der Waals surface area contributed by atoms with Crippen molar-refractivity contribution in [3.05, 3.63) is 87.3 Å². The lowest BCUT2D eigenvalue weighted by Gasteiger charge is -2.09. The molecule has 7 heteroatoms. The van der Waals surface area contributed by atoms with E-state index in [4.69, 9.17) is 16.3 Å². The third-order valence-electron chi connectivity index (χ3n) is 3.49. The molecule has 1 aromatic heterocycles. The number of hydrogen-bond donors (Lipinski definition) is 2. The second-order valence-corrected chi connectivity index (χ2v) is 5.47. The molecule has 2 N–H and O–H groups in total. The zero-order chi connectivity index (χ0) is 17.6. The first-order chi connectivity index (χ1) is 12.2. The Bertz CT molecular complexity index is 937. The summed E-state index contributed by atoms with van der Waals surface area (Å²) in [6.45, 7) is 0. The summed E-state index contributed by atoms with van der Waals surface area (Å²) in [7, 11) is 1.62. The Morgan fingerprint density at radius 2 is 1.80 bits per heavy atom. The molecule has 0 amide bonds. The molecule has 0 saturated carbocycles. The Hall–Kier alpha value is -3.12. The summed E-state index contributed by atoms with van der Waals surface area (Å²) in [5.41, 5.74) is 5.16. The van der Waals surface area contributed by atoms with Crippen molar-refractivity contribution < 1.29 is 4.74 Å². The van der Waals surface area contributed by atoms with Gasteiger partial charge in [0.2, 0.25) is 0 Å². The van der Waals surface area contributed by atoms with Gasteiger partial charge < -0.3 is 4.74 Å². The molecule has 0 atom stereocenters. The minimum Gasteiger partial charge on any atom is -0.497 e. The minimum absolute atomic E-state index is 0.000826. The topological polar surface area (TPSA) is 79.4 Å². The van der Waals surface area contributed by atoms with E-state index < -0.39 is 5.56 Å². The molecule has 0 aliphatic rings. The second kappa shape index (κ2) is 7.63. The molecule has 0 bridgehead atoms. The number of aromatic nitrogens is 2. The van der Waals surface area contributed by atoms with Crippen LogP contribution in [0.1, 0.15) is 11.1 Å². The summed E-state index contributed by atoms with van der Waals surface area (Å²) in [5, 5.41) is 10.4. The maximum absolute atomic E-state index is 11.5. The van der Waals surface area contributed by atoms with Crippen LogP contribution in [0.25, 0.3) is 0 Å². The van der Waals surface area contributed by atoms with Crippen molar-refractivity contribution in [1.82, 2.24) is 10.2 Å². The van der Waals surface area contributed by atoms with Gasteiger partial charge in [-0.2, -0.15) is 10.2 Å². The molecule has 0 aliphatic carbocycles. The molecular formula is C18H15ClN4O2. The molecular weight excluding hydrogens is 340 g/mol. The van der Waals surface area contributed by atoms with Crippen LogP contribution >= 0.6 is 11.6 Å². The van der Waals surface area contributed by atoms with Gasteiger partial charge in [-0.15, -0.1) is 0 Å². The number of benzene rings is 2. The standard InChI is InChI=1S/C18H15ClN4O2/c1-25-14-9-7-13(8-10-14)17(12-5-3-2-4-6-12)22-21-15-11-20-23-18(24)16(15)19/h2-11H,1H3,(H2,21,23,24). The molecule has 3 rings (SSSR count). The molecule has 0 saturated heterocycles. The Labute approximate surface area is 149 Å². The fourth-order valence-electron chi connectivity index (χ4n) is 2.22. The van der Waals surface area contributed by atoms with E-state index in [0.717, 1.165) is 16.9 Å². The number of aromatic amines is 1. The van der Waals surface area contributed by atoms with Crippen molar-refractivity contribution >= 4 is 23.0 Å². The van der Waals surface area contributed by atoms with Gasteiger partial charge >= 0.3 is 0 Å². The van der Waals surface area contributed by atoms with E-state index in [-0.39, 0.29) is 5.02 Å². The number of ether oxygens (including phenoxy) is 1. The van der Waals surface area contributed by atoms with Crippen molar-refractivity contribution in [3.63, 3.8) is 0 Å². The van der Waals surface area contributed by atoms with E-state index in [1.807, 2.05) is 54.6 Å². The summed E-state index contributed by atoms with van der Waals surface area (Å²) >= 11 is 5.98. The van der Waals surface area contributed by atoms with E-state index in [2.05, 4.69) is 20.7 Å². The van der Waals surface area contributed by atoms with E-state index >= 15 is 0 Å². The van der Waals surface area contributed by atoms with Gasteiger partial charge in [-0.3, -0.25) is 10.2 Å². The summed E-state index contributed by atoms with van der Waals surface area (Å²) in [6.07, 6.45) is 1.41. The van der Waals surface area contributed by atoms with Gasteiger partial charge in [0.05, 0.1) is 19.0 Å². The summed E-state index contributed by atoms with van der Waals surface area (Å²) in [4.78, 5) is 11.5. The highest BCUT2D eigenvalue weighted by Gasteiger charge is 2.09. The number of hydrogen-bond acceptors (Lipinski definition) is 5. The fraction of sp³-hybridized carbons (Fsp3) is 0.0556. The molecule has 0 spiro atoms. The van der Waals surface area contributed by atoms with Crippen molar-refractivity contribution in [2.75, 3.05) is 12.5 Å². The summed E-state index contributed by atoms with van der Waals surface area (Å²) in [6, 6.07) is 17.2. The van der Waals surface area contributed by atoms with Crippen molar-refractivity contribution in [3.8, 4) is 5.75 Å². The number of nitrogens with one attached hydrogen (secondary N) is 2. The normalized spacial score (nSPS) is 11.2. The van der Waals surface area contributed by atoms with Gasteiger partial charge in [0, 0.05) is 11.1 Å². The molecule has 1 heterocycles. The third kappa shape index (κ3) is 3.87. The summed E-state index contributed by atoms with van der Waals surface area (Å²) in [5.74, 6) is 0.756. The van der Waals surface area contributed by atoms with Crippen LogP contribution < -0.4 is 15.7 Å². The largest absolute Gasteiger partial charge is 0.497 e. The van der Waals surface area contributed by atoms with Gasteiger partial charge in [0.25, 0.3) is 5.56 Å². The lowest BCUT2D eigenvalue weighted by Crippen LogP contribution is -2.12. The number of rotatable bonds is 5. The smallest absolute Gasteiger partial charge is 0.285 e. The Morgan fingerprint density at radius 1 is 1.12 bits per heavy atom. The fourth-order valence-corrected chi connectivity index (χ4v) is 2.35.